The average Bonchev–Trinajstić information content (AvgIpc) is 2.96. The molecule has 3 rings (SSSR count). The lowest BCUT2D eigenvalue weighted by Gasteiger charge is -2.06. The fraction of sp³-hybridized carbons (Fsp3) is 0.357. The van der Waals surface area contributed by atoms with Gasteiger partial charge in [-0.1, -0.05) is 18.2 Å². The lowest BCUT2D eigenvalue weighted by molar-refractivity contribution is 0.0966. The Morgan fingerprint density at radius 2 is 2.29 bits per heavy atom. The molecule has 2 nitrogen and oxygen atoms in total. The smallest absolute Gasteiger partial charge is 0.164 e. The summed E-state index contributed by atoms with van der Waals surface area (Å²) in [5, 5.41) is 6.44. The van der Waals surface area contributed by atoms with Gasteiger partial charge in [0.1, 0.15) is 0 Å². The van der Waals surface area contributed by atoms with Crippen molar-refractivity contribution in [3.63, 3.8) is 0 Å². The summed E-state index contributed by atoms with van der Waals surface area (Å²) in [5.41, 5.74) is 0.914. The molecule has 1 saturated heterocycles. The molecule has 3 heteroatoms. The van der Waals surface area contributed by atoms with Crippen molar-refractivity contribution < 1.29 is 4.79 Å². The first-order chi connectivity index (χ1) is 8.34. The molecule has 1 aliphatic heterocycles. The van der Waals surface area contributed by atoms with Crippen LogP contribution in [0.25, 0.3) is 10.1 Å². The van der Waals surface area contributed by atoms with Crippen LogP contribution in [0.4, 0.5) is 0 Å². The first-order valence-corrected chi connectivity index (χ1v) is 6.93. The van der Waals surface area contributed by atoms with Gasteiger partial charge < -0.3 is 5.32 Å². The van der Waals surface area contributed by atoms with E-state index in [9.17, 15) is 4.79 Å². The van der Waals surface area contributed by atoms with Crippen LogP contribution in [-0.4, -0.2) is 18.9 Å². The zero-order valence-electron chi connectivity index (χ0n) is 9.61. The van der Waals surface area contributed by atoms with E-state index in [2.05, 4.69) is 11.4 Å². The number of thiophene rings is 1. The molecule has 0 bridgehead atoms. The first kappa shape index (κ1) is 10.9. The minimum atomic E-state index is 0.302. The lowest BCUT2D eigenvalue weighted by atomic mass is 9.97. The summed E-state index contributed by atoms with van der Waals surface area (Å²) in [7, 11) is 0. The minimum Gasteiger partial charge on any atom is -0.316 e. The summed E-state index contributed by atoms with van der Waals surface area (Å²) in [6.45, 7) is 2.05. The number of rotatable bonds is 3. The SMILES string of the molecule is O=C(CC1CCNC1)c1csc2ccccc12. The molecule has 1 aromatic heterocycles. The largest absolute Gasteiger partial charge is 0.316 e. The Kier molecular flexibility index (Phi) is 2.95. The Morgan fingerprint density at radius 1 is 1.41 bits per heavy atom. The van der Waals surface area contributed by atoms with Crippen molar-refractivity contribution in [2.75, 3.05) is 13.1 Å². The van der Waals surface area contributed by atoms with Crippen molar-refractivity contribution in [1.29, 1.82) is 0 Å². The molecular formula is C14H15NOS. The van der Waals surface area contributed by atoms with E-state index in [1.165, 1.54) is 4.70 Å². The van der Waals surface area contributed by atoms with E-state index in [4.69, 9.17) is 0 Å². The second-order valence-electron chi connectivity index (χ2n) is 4.63. The molecule has 1 aromatic carbocycles. The summed E-state index contributed by atoms with van der Waals surface area (Å²) in [4.78, 5) is 12.3. The van der Waals surface area contributed by atoms with Crippen molar-refractivity contribution in [2.24, 2.45) is 5.92 Å². The molecule has 1 N–H and O–H groups in total. The maximum atomic E-state index is 12.3. The van der Waals surface area contributed by atoms with Crippen LogP contribution in [0.3, 0.4) is 0 Å². The molecule has 0 radical (unpaired) electrons. The molecule has 1 fully saturated rings. The summed E-state index contributed by atoms with van der Waals surface area (Å²) < 4.78 is 1.21. The maximum Gasteiger partial charge on any atom is 0.164 e. The number of benzene rings is 1. The highest BCUT2D eigenvalue weighted by Gasteiger charge is 2.20. The van der Waals surface area contributed by atoms with Crippen molar-refractivity contribution in [2.45, 2.75) is 12.8 Å². The van der Waals surface area contributed by atoms with Crippen LogP contribution in [0.2, 0.25) is 0 Å². The quantitative estimate of drug-likeness (QED) is 0.842. The highest BCUT2D eigenvalue weighted by molar-refractivity contribution is 7.17. The van der Waals surface area contributed by atoms with Crippen molar-refractivity contribution in [3.8, 4) is 0 Å². The Labute approximate surface area is 105 Å². The molecule has 2 aromatic rings. The van der Waals surface area contributed by atoms with Gasteiger partial charge in [0.15, 0.2) is 5.78 Å². The fourth-order valence-electron chi connectivity index (χ4n) is 2.45. The van der Waals surface area contributed by atoms with E-state index in [1.54, 1.807) is 11.3 Å². The lowest BCUT2D eigenvalue weighted by Crippen LogP contribution is -2.12. The molecule has 17 heavy (non-hydrogen) atoms. The number of nitrogens with one attached hydrogen (secondary N) is 1. The van der Waals surface area contributed by atoms with Gasteiger partial charge in [-0.05, 0) is 31.5 Å². The second-order valence-corrected chi connectivity index (χ2v) is 5.54. The molecule has 1 atom stereocenters. The van der Waals surface area contributed by atoms with Crippen LogP contribution in [0.15, 0.2) is 29.6 Å². The van der Waals surface area contributed by atoms with Crippen molar-refractivity contribution in [3.05, 3.63) is 35.2 Å². The fourth-order valence-corrected chi connectivity index (χ4v) is 3.42. The third kappa shape index (κ3) is 2.13. The van der Waals surface area contributed by atoms with Crippen LogP contribution >= 0.6 is 11.3 Å². The summed E-state index contributed by atoms with van der Waals surface area (Å²) in [5.74, 6) is 0.831. The Hall–Kier alpha value is -1.19. The number of carbonyl (C=O) groups excluding carboxylic acids is 1. The molecule has 0 saturated carbocycles. The van der Waals surface area contributed by atoms with E-state index >= 15 is 0 Å². The molecule has 1 aliphatic rings. The Bertz CT molecular complexity index is 540. The van der Waals surface area contributed by atoms with Crippen LogP contribution < -0.4 is 5.32 Å². The summed E-state index contributed by atoms with van der Waals surface area (Å²) in [6, 6.07) is 8.15. The number of hydrogen-bond acceptors (Lipinski definition) is 3. The number of hydrogen-bond donors (Lipinski definition) is 1. The molecule has 2 heterocycles. The van der Waals surface area contributed by atoms with Gasteiger partial charge in [-0.3, -0.25) is 4.79 Å². The van der Waals surface area contributed by atoms with E-state index < -0.39 is 0 Å². The maximum absolute atomic E-state index is 12.3. The van der Waals surface area contributed by atoms with Crippen molar-refractivity contribution >= 4 is 27.2 Å². The normalized spacial score (nSPS) is 19.9. The molecule has 88 valence electrons. The minimum absolute atomic E-state index is 0.302. The van der Waals surface area contributed by atoms with Gasteiger partial charge in [0.25, 0.3) is 0 Å². The van der Waals surface area contributed by atoms with Gasteiger partial charge >= 0.3 is 0 Å². The highest BCUT2D eigenvalue weighted by atomic mass is 32.1. The van der Waals surface area contributed by atoms with E-state index in [0.29, 0.717) is 18.1 Å². The zero-order chi connectivity index (χ0) is 11.7. The van der Waals surface area contributed by atoms with E-state index in [0.717, 1.165) is 30.5 Å². The first-order valence-electron chi connectivity index (χ1n) is 6.05. The molecule has 0 aliphatic carbocycles. The van der Waals surface area contributed by atoms with E-state index in [1.807, 2.05) is 23.6 Å². The van der Waals surface area contributed by atoms with Gasteiger partial charge in [0.2, 0.25) is 0 Å². The summed E-state index contributed by atoms with van der Waals surface area (Å²) >= 11 is 1.66. The summed E-state index contributed by atoms with van der Waals surface area (Å²) in [6.07, 6.45) is 1.82. The van der Waals surface area contributed by atoms with E-state index in [-0.39, 0.29) is 0 Å². The van der Waals surface area contributed by atoms with Crippen LogP contribution in [0.1, 0.15) is 23.2 Å². The van der Waals surface area contributed by atoms with Crippen LogP contribution in [-0.2, 0) is 0 Å². The van der Waals surface area contributed by atoms with Gasteiger partial charge in [-0.25, -0.2) is 0 Å². The number of Topliss-reactive ketones (excluding diaryl/α,β-unsaturated/α-hetero) is 1. The predicted octanol–water partition coefficient (Wildman–Crippen LogP) is 3.08. The van der Waals surface area contributed by atoms with Gasteiger partial charge in [0, 0.05) is 27.5 Å². The third-order valence-electron chi connectivity index (χ3n) is 3.42. The Balaban J connectivity index is 1.85. The van der Waals surface area contributed by atoms with Crippen LogP contribution in [0, 0.1) is 5.92 Å². The topological polar surface area (TPSA) is 29.1 Å². The molecule has 0 amide bonds. The molecule has 0 spiro atoms. The van der Waals surface area contributed by atoms with Gasteiger partial charge in [-0.2, -0.15) is 0 Å². The third-order valence-corrected chi connectivity index (χ3v) is 4.38. The zero-order valence-corrected chi connectivity index (χ0v) is 10.4. The van der Waals surface area contributed by atoms with Crippen LogP contribution in [0.5, 0.6) is 0 Å². The standard InChI is InChI=1S/C14H15NOS/c16-13(7-10-5-6-15-8-10)12-9-17-14-4-2-1-3-11(12)14/h1-4,9-10,15H,5-8H2. The monoisotopic (exact) mass is 245 g/mol. The van der Waals surface area contributed by atoms with Gasteiger partial charge in [-0.15, -0.1) is 11.3 Å². The number of ketones is 1. The number of fused-ring (bicyclic) bond motifs is 1. The number of carbonyl (C=O) groups is 1. The predicted molar refractivity (Wildman–Crippen MR) is 71.7 cm³/mol. The molecule has 1 unspecified atom stereocenters. The molecular weight excluding hydrogens is 230 g/mol. The van der Waals surface area contributed by atoms with Crippen molar-refractivity contribution in [1.82, 2.24) is 5.32 Å². The second kappa shape index (κ2) is 4.59. The average molecular weight is 245 g/mol. The Morgan fingerprint density at radius 3 is 3.12 bits per heavy atom. The van der Waals surface area contributed by atoms with Gasteiger partial charge in [0.05, 0.1) is 0 Å². The highest BCUT2D eigenvalue weighted by Crippen LogP contribution is 2.28.